The molecule has 1 aromatic carbocycles. The fraction of sp³-hybridized carbons (Fsp3) is 0.600. The average molecular weight is 265 g/mol. The van der Waals surface area contributed by atoms with Gasteiger partial charge in [-0.3, -0.25) is 4.90 Å². The van der Waals surface area contributed by atoms with Gasteiger partial charge in [0, 0.05) is 30.9 Å². The number of benzene rings is 1. The van der Waals surface area contributed by atoms with Gasteiger partial charge in [-0.15, -0.1) is 0 Å². The maximum Gasteiger partial charge on any atom is 0.125 e. The van der Waals surface area contributed by atoms with Gasteiger partial charge in [-0.25, -0.2) is 4.39 Å². The number of hydrogen-bond donors (Lipinski definition) is 1. The summed E-state index contributed by atoms with van der Waals surface area (Å²) in [4.78, 5) is 4.74. The van der Waals surface area contributed by atoms with Gasteiger partial charge in [-0.2, -0.15) is 0 Å². The molecule has 1 aromatic rings. The second-order valence-corrected chi connectivity index (χ2v) is 5.47. The molecule has 0 saturated carbocycles. The van der Waals surface area contributed by atoms with Crippen LogP contribution >= 0.6 is 0 Å². The van der Waals surface area contributed by atoms with Crippen molar-refractivity contribution in [1.29, 1.82) is 0 Å². The Morgan fingerprint density at radius 3 is 2.84 bits per heavy atom. The van der Waals surface area contributed by atoms with Gasteiger partial charge in [0.15, 0.2) is 0 Å². The first-order valence-corrected chi connectivity index (χ1v) is 6.99. The summed E-state index contributed by atoms with van der Waals surface area (Å²) >= 11 is 0. The first-order valence-electron chi connectivity index (χ1n) is 6.99. The number of nitrogens with one attached hydrogen (secondary N) is 1. The molecule has 2 atom stereocenters. The van der Waals surface area contributed by atoms with Gasteiger partial charge >= 0.3 is 0 Å². The molecular weight excluding hydrogens is 241 g/mol. The molecule has 1 aliphatic heterocycles. The number of halogens is 1. The molecule has 2 rings (SSSR count). The fourth-order valence-electron chi connectivity index (χ4n) is 2.71. The van der Waals surface area contributed by atoms with Gasteiger partial charge in [0.05, 0.1) is 0 Å². The molecule has 0 aliphatic carbocycles. The third kappa shape index (κ3) is 3.45. The summed E-state index contributed by atoms with van der Waals surface area (Å²) in [7, 11) is 4.14. The molecule has 0 amide bonds. The van der Waals surface area contributed by atoms with Crippen LogP contribution in [-0.4, -0.2) is 50.7 Å². The van der Waals surface area contributed by atoms with Crippen LogP contribution in [0, 0.1) is 5.82 Å². The Morgan fingerprint density at radius 1 is 1.37 bits per heavy atom. The van der Waals surface area contributed by atoms with E-state index in [9.17, 15) is 4.39 Å². The number of hydrogen-bond acceptors (Lipinski definition) is 3. The smallest absolute Gasteiger partial charge is 0.125 e. The van der Waals surface area contributed by atoms with Gasteiger partial charge in [0.2, 0.25) is 0 Å². The Morgan fingerprint density at radius 2 is 2.16 bits per heavy atom. The second kappa shape index (κ2) is 6.35. The number of rotatable bonds is 4. The predicted octanol–water partition coefficient (Wildman–Crippen LogP) is 1.94. The van der Waals surface area contributed by atoms with E-state index in [1.165, 1.54) is 6.07 Å². The summed E-state index contributed by atoms with van der Waals surface area (Å²) in [6.45, 7) is 5.19. The van der Waals surface area contributed by atoms with Crippen LogP contribution in [0.5, 0.6) is 0 Å². The lowest BCUT2D eigenvalue weighted by Crippen LogP contribution is -2.56. The van der Waals surface area contributed by atoms with Gasteiger partial charge < -0.3 is 10.2 Å². The van der Waals surface area contributed by atoms with E-state index in [1.807, 2.05) is 13.1 Å². The molecule has 0 bridgehead atoms. The fourth-order valence-corrected chi connectivity index (χ4v) is 2.71. The summed E-state index contributed by atoms with van der Waals surface area (Å²) in [5.41, 5.74) is 1.00. The minimum Gasteiger partial charge on any atom is -0.366 e. The number of likely N-dealkylation sites (N-methyl/N-ethyl adjacent to an activating group) is 1. The highest BCUT2D eigenvalue weighted by molar-refractivity contribution is 5.48. The van der Waals surface area contributed by atoms with E-state index in [0.717, 1.165) is 31.7 Å². The van der Waals surface area contributed by atoms with Gasteiger partial charge in [0.1, 0.15) is 5.82 Å². The van der Waals surface area contributed by atoms with Crippen molar-refractivity contribution in [3.8, 4) is 0 Å². The van der Waals surface area contributed by atoms with Crippen LogP contribution in [0.15, 0.2) is 24.3 Å². The van der Waals surface area contributed by atoms with Crippen molar-refractivity contribution in [3.63, 3.8) is 0 Å². The standard InChI is InChI=1S/C15H24FN3/c1-12-10-19(14-6-4-5-13(16)9-14)15(7-8-17-2)11-18(12)3/h4-6,9,12,15,17H,7-8,10-11H2,1-3H3. The third-order valence-corrected chi connectivity index (χ3v) is 4.02. The summed E-state index contributed by atoms with van der Waals surface area (Å²) in [5, 5.41) is 3.21. The summed E-state index contributed by atoms with van der Waals surface area (Å²) in [6.07, 6.45) is 1.07. The Kier molecular flexibility index (Phi) is 4.77. The normalized spacial score (nSPS) is 24.7. The van der Waals surface area contributed by atoms with Gasteiger partial charge in [-0.1, -0.05) is 6.07 Å². The lowest BCUT2D eigenvalue weighted by molar-refractivity contribution is 0.195. The predicted molar refractivity (Wildman–Crippen MR) is 78.2 cm³/mol. The Labute approximate surface area is 115 Å². The highest BCUT2D eigenvalue weighted by atomic mass is 19.1. The number of anilines is 1. The molecule has 1 saturated heterocycles. The minimum atomic E-state index is -0.156. The van der Waals surface area contributed by atoms with Crippen molar-refractivity contribution in [3.05, 3.63) is 30.1 Å². The summed E-state index contributed by atoms with van der Waals surface area (Å²) < 4.78 is 13.4. The topological polar surface area (TPSA) is 18.5 Å². The maximum absolute atomic E-state index is 13.4. The second-order valence-electron chi connectivity index (χ2n) is 5.47. The molecule has 1 fully saturated rings. The van der Waals surface area contributed by atoms with Crippen molar-refractivity contribution in [1.82, 2.24) is 10.2 Å². The van der Waals surface area contributed by atoms with Crippen molar-refractivity contribution in [2.45, 2.75) is 25.4 Å². The molecule has 19 heavy (non-hydrogen) atoms. The lowest BCUT2D eigenvalue weighted by Gasteiger charge is -2.45. The van der Waals surface area contributed by atoms with E-state index in [-0.39, 0.29) is 5.82 Å². The average Bonchev–Trinajstić information content (AvgIpc) is 2.39. The molecular formula is C15H24FN3. The molecule has 0 spiro atoms. The SMILES string of the molecule is CNCCC1CN(C)C(C)CN1c1cccc(F)c1. The minimum absolute atomic E-state index is 0.156. The zero-order chi connectivity index (χ0) is 13.8. The highest BCUT2D eigenvalue weighted by Gasteiger charge is 2.29. The van der Waals surface area contributed by atoms with Crippen molar-refractivity contribution in [2.24, 2.45) is 0 Å². The summed E-state index contributed by atoms with van der Waals surface area (Å²) in [6, 6.07) is 7.89. The van der Waals surface area contributed by atoms with E-state index in [0.29, 0.717) is 12.1 Å². The van der Waals surface area contributed by atoms with Crippen LogP contribution in [0.25, 0.3) is 0 Å². The first kappa shape index (κ1) is 14.3. The van der Waals surface area contributed by atoms with E-state index in [4.69, 9.17) is 0 Å². The van der Waals surface area contributed by atoms with Crippen LogP contribution in [0.1, 0.15) is 13.3 Å². The molecule has 0 radical (unpaired) electrons. The zero-order valence-corrected chi connectivity index (χ0v) is 12.1. The zero-order valence-electron chi connectivity index (χ0n) is 12.1. The van der Waals surface area contributed by atoms with Crippen LogP contribution in [0.3, 0.4) is 0 Å². The van der Waals surface area contributed by atoms with Crippen molar-refractivity contribution < 1.29 is 4.39 Å². The summed E-state index contributed by atoms with van der Waals surface area (Å²) in [5.74, 6) is -0.156. The Hall–Kier alpha value is -1.13. The molecule has 1 aliphatic rings. The molecule has 4 heteroatoms. The van der Waals surface area contributed by atoms with Crippen LogP contribution in [0.2, 0.25) is 0 Å². The molecule has 3 nitrogen and oxygen atoms in total. The van der Waals surface area contributed by atoms with E-state index >= 15 is 0 Å². The first-order chi connectivity index (χ1) is 9.11. The van der Waals surface area contributed by atoms with E-state index < -0.39 is 0 Å². The molecule has 0 aromatic heterocycles. The van der Waals surface area contributed by atoms with E-state index in [1.54, 1.807) is 12.1 Å². The highest BCUT2D eigenvalue weighted by Crippen LogP contribution is 2.24. The van der Waals surface area contributed by atoms with Gasteiger partial charge in [0.25, 0.3) is 0 Å². The lowest BCUT2D eigenvalue weighted by atomic mass is 10.0. The monoisotopic (exact) mass is 265 g/mol. The Balaban J connectivity index is 2.18. The van der Waals surface area contributed by atoms with Gasteiger partial charge in [-0.05, 0) is 52.2 Å². The molecule has 1 N–H and O–H groups in total. The quantitative estimate of drug-likeness (QED) is 0.897. The Bertz CT molecular complexity index is 410. The van der Waals surface area contributed by atoms with E-state index in [2.05, 4.69) is 29.1 Å². The molecule has 106 valence electrons. The third-order valence-electron chi connectivity index (χ3n) is 4.02. The maximum atomic E-state index is 13.4. The van der Waals surface area contributed by atoms with Crippen LogP contribution in [0.4, 0.5) is 10.1 Å². The largest absolute Gasteiger partial charge is 0.366 e. The molecule has 2 unspecified atom stereocenters. The van der Waals surface area contributed by atoms with Crippen LogP contribution in [-0.2, 0) is 0 Å². The molecule has 1 heterocycles. The van der Waals surface area contributed by atoms with Crippen LogP contribution < -0.4 is 10.2 Å². The number of piperazine rings is 1. The number of nitrogens with zero attached hydrogens (tertiary/aromatic N) is 2. The van der Waals surface area contributed by atoms with Crippen molar-refractivity contribution >= 4 is 5.69 Å². The van der Waals surface area contributed by atoms with Crippen molar-refractivity contribution in [2.75, 3.05) is 38.6 Å².